The van der Waals surface area contributed by atoms with Gasteiger partial charge in [-0.05, 0) is 12.3 Å². The summed E-state index contributed by atoms with van der Waals surface area (Å²) in [6.07, 6.45) is -4.34. The van der Waals surface area contributed by atoms with Crippen molar-refractivity contribution in [1.29, 1.82) is 0 Å². The van der Waals surface area contributed by atoms with Crippen molar-refractivity contribution < 1.29 is 27.9 Å². The molecule has 0 aliphatic heterocycles. The van der Waals surface area contributed by atoms with Crippen LogP contribution in [0.2, 0.25) is 0 Å². The molecule has 1 amide bonds. The molecule has 0 radical (unpaired) electrons. The molecule has 1 rings (SSSR count). The Bertz CT molecular complexity index is 514. The maximum absolute atomic E-state index is 12.6. The summed E-state index contributed by atoms with van der Waals surface area (Å²) >= 11 is 0.323. The van der Waals surface area contributed by atoms with E-state index in [1.165, 1.54) is 0 Å². The Morgan fingerprint density at radius 1 is 1.43 bits per heavy atom. The van der Waals surface area contributed by atoms with E-state index < -0.39 is 34.5 Å². The van der Waals surface area contributed by atoms with Crippen LogP contribution < -0.4 is 5.32 Å². The SMILES string of the molecule is CC(C)CC(CNC(=O)c1ncsc1C(F)(F)F)C(=O)O. The van der Waals surface area contributed by atoms with Crippen LogP contribution >= 0.6 is 11.3 Å². The van der Waals surface area contributed by atoms with Gasteiger partial charge in [-0.3, -0.25) is 9.59 Å². The molecule has 0 fully saturated rings. The summed E-state index contributed by atoms with van der Waals surface area (Å²) in [5, 5.41) is 11.2. The van der Waals surface area contributed by atoms with Gasteiger partial charge in [0.15, 0.2) is 5.69 Å². The predicted molar refractivity (Wildman–Crippen MR) is 70.0 cm³/mol. The maximum atomic E-state index is 12.6. The molecule has 1 aromatic rings. The normalized spacial score (nSPS) is 13.2. The molecule has 0 aliphatic rings. The number of alkyl halides is 3. The number of carbonyl (C=O) groups excluding carboxylic acids is 1. The molecule has 1 aromatic heterocycles. The number of aromatic nitrogens is 1. The van der Waals surface area contributed by atoms with Gasteiger partial charge in [0.2, 0.25) is 0 Å². The van der Waals surface area contributed by atoms with Gasteiger partial charge in [-0.1, -0.05) is 13.8 Å². The fourth-order valence-corrected chi connectivity index (χ4v) is 2.40. The van der Waals surface area contributed by atoms with Crippen molar-refractivity contribution >= 4 is 23.2 Å². The third kappa shape index (κ3) is 5.00. The van der Waals surface area contributed by atoms with Gasteiger partial charge in [0.1, 0.15) is 4.88 Å². The zero-order valence-corrected chi connectivity index (χ0v) is 12.2. The first-order valence-corrected chi connectivity index (χ1v) is 7.02. The van der Waals surface area contributed by atoms with Crippen molar-refractivity contribution in [2.24, 2.45) is 11.8 Å². The van der Waals surface area contributed by atoms with E-state index in [9.17, 15) is 22.8 Å². The van der Waals surface area contributed by atoms with Crippen molar-refractivity contribution in [3.63, 3.8) is 0 Å². The molecule has 0 saturated carbocycles. The molecule has 0 saturated heterocycles. The summed E-state index contributed by atoms with van der Waals surface area (Å²) in [6, 6.07) is 0. The summed E-state index contributed by atoms with van der Waals surface area (Å²) in [6.45, 7) is 3.40. The minimum Gasteiger partial charge on any atom is -0.481 e. The van der Waals surface area contributed by atoms with Crippen molar-refractivity contribution in [3.8, 4) is 0 Å². The molecular formula is C12H15F3N2O3S. The number of carboxylic acid groups (broad SMARTS) is 1. The summed E-state index contributed by atoms with van der Waals surface area (Å²) in [7, 11) is 0. The molecule has 0 spiro atoms. The first-order valence-electron chi connectivity index (χ1n) is 6.14. The number of aliphatic carboxylic acids is 1. The Labute approximate surface area is 123 Å². The van der Waals surface area contributed by atoms with E-state index in [1.807, 2.05) is 13.8 Å². The summed E-state index contributed by atoms with van der Waals surface area (Å²) in [5.74, 6) is -2.87. The zero-order valence-electron chi connectivity index (χ0n) is 11.4. The molecule has 1 heterocycles. The molecular weight excluding hydrogens is 309 g/mol. The van der Waals surface area contributed by atoms with E-state index >= 15 is 0 Å². The second-order valence-electron chi connectivity index (χ2n) is 4.90. The number of nitrogens with zero attached hydrogens (tertiary/aromatic N) is 1. The number of carbonyl (C=O) groups is 2. The third-order valence-electron chi connectivity index (χ3n) is 2.65. The molecule has 0 aromatic carbocycles. The Hall–Kier alpha value is -1.64. The van der Waals surface area contributed by atoms with Gasteiger partial charge in [-0.15, -0.1) is 11.3 Å². The highest BCUT2D eigenvalue weighted by Gasteiger charge is 2.38. The monoisotopic (exact) mass is 324 g/mol. The maximum Gasteiger partial charge on any atom is 0.427 e. The topological polar surface area (TPSA) is 79.3 Å². The van der Waals surface area contributed by atoms with Gasteiger partial charge in [0, 0.05) is 6.54 Å². The van der Waals surface area contributed by atoms with Crippen LogP contribution in [0.5, 0.6) is 0 Å². The van der Waals surface area contributed by atoms with Crippen molar-refractivity contribution in [1.82, 2.24) is 10.3 Å². The summed E-state index contributed by atoms with van der Waals surface area (Å²) in [5.41, 5.74) is 0.210. The van der Waals surface area contributed by atoms with Gasteiger partial charge in [-0.25, -0.2) is 4.98 Å². The van der Waals surface area contributed by atoms with Crippen LogP contribution in [0, 0.1) is 11.8 Å². The molecule has 1 atom stereocenters. The van der Waals surface area contributed by atoms with E-state index in [2.05, 4.69) is 10.3 Å². The Balaban J connectivity index is 2.74. The van der Waals surface area contributed by atoms with E-state index in [4.69, 9.17) is 5.11 Å². The number of halogens is 3. The van der Waals surface area contributed by atoms with Crippen LogP contribution in [0.4, 0.5) is 13.2 Å². The van der Waals surface area contributed by atoms with Crippen LogP contribution in [0.3, 0.4) is 0 Å². The standard InChI is InChI=1S/C12H15F3N2O3S/c1-6(2)3-7(11(19)20)4-16-10(18)8-9(12(13,14)15)21-5-17-8/h5-7H,3-4H2,1-2H3,(H,16,18)(H,19,20). The number of amides is 1. The van der Waals surface area contributed by atoms with Gasteiger partial charge in [0.05, 0.1) is 11.4 Å². The van der Waals surface area contributed by atoms with E-state index in [-0.39, 0.29) is 12.5 Å². The number of thiazole rings is 1. The van der Waals surface area contributed by atoms with Gasteiger partial charge in [-0.2, -0.15) is 13.2 Å². The lowest BCUT2D eigenvalue weighted by atomic mass is 9.97. The molecule has 0 aliphatic carbocycles. The first-order chi connectivity index (χ1) is 9.62. The van der Waals surface area contributed by atoms with E-state index in [0.29, 0.717) is 17.8 Å². The molecule has 5 nitrogen and oxygen atoms in total. The fraction of sp³-hybridized carbons (Fsp3) is 0.583. The third-order valence-corrected chi connectivity index (χ3v) is 3.53. The highest BCUT2D eigenvalue weighted by atomic mass is 32.1. The molecule has 21 heavy (non-hydrogen) atoms. The zero-order chi connectivity index (χ0) is 16.2. The highest BCUT2D eigenvalue weighted by Crippen LogP contribution is 2.34. The summed E-state index contributed by atoms with van der Waals surface area (Å²) in [4.78, 5) is 25.1. The smallest absolute Gasteiger partial charge is 0.427 e. The van der Waals surface area contributed by atoms with Crippen LogP contribution in [-0.2, 0) is 11.0 Å². The largest absolute Gasteiger partial charge is 0.481 e. The molecule has 1 unspecified atom stereocenters. The molecule has 0 bridgehead atoms. The first kappa shape index (κ1) is 17.4. The van der Waals surface area contributed by atoms with Gasteiger partial charge >= 0.3 is 12.1 Å². The lowest BCUT2D eigenvalue weighted by Gasteiger charge is -2.15. The average molecular weight is 324 g/mol. The van der Waals surface area contributed by atoms with Crippen LogP contribution in [-0.4, -0.2) is 28.5 Å². The fourth-order valence-electron chi connectivity index (χ4n) is 1.75. The lowest BCUT2D eigenvalue weighted by molar-refractivity contribution is -0.142. The Morgan fingerprint density at radius 3 is 2.52 bits per heavy atom. The molecule has 2 N–H and O–H groups in total. The van der Waals surface area contributed by atoms with Crippen LogP contribution in [0.25, 0.3) is 0 Å². The van der Waals surface area contributed by atoms with Crippen LogP contribution in [0.1, 0.15) is 35.6 Å². The van der Waals surface area contributed by atoms with E-state index in [1.54, 1.807) is 0 Å². The number of hydrogen-bond acceptors (Lipinski definition) is 4. The number of hydrogen-bond donors (Lipinski definition) is 2. The van der Waals surface area contributed by atoms with Crippen molar-refractivity contribution in [3.05, 3.63) is 16.1 Å². The van der Waals surface area contributed by atoms with E-state index in [0.717, 1.165) is 5.51 Å². The van der Waals surface area contributed by atoms with Gasteiger partial charge < -0.3 is 10.4 Å². The Kier molecular flexibility index (Phi) is 5.70. The highest BCUT2D eigenvalue weighted by molar-refractivity contribution is 7.10. The molecule has 9 heteroatoms. The number of rotatable bonds is 6. The van der Waals surface area contributed by atoms with Crippen molar-refractivity contribution in [2.45, 2.75) is 26.4 Å². The quantitative estimate of drug-likeness (QED) is 0.843. The van der Waals surface area contributed by atoms with Crippen molar-refractivity contribution in [2.75, 3.05) is 6.54 Å². The lowest BCUT2D eigenvalue weighted by Crippen LogP contribution is -2.34. The van der Waals surface area contributed by atoms with Crippen LogP contribution in [0.15, 0.2) is 5.51 Å². The minimum absolute atomic E-state index is 0.0908. The number of nitrogens with one attached hydrogen (secondary N) is 1. The Morgan fingerprint density at radius 2 is 2.05 bits per heavy atom. The second-order valence-corrected chi connectivity index (χ2v) is 5.76. The van der Waals surface area contributed by atoms with Gasteiger partial charge in [0.25, 0.3) is 5.91 Å². The predicted octanol–water partition coefficient (Wildman–Crippen LogP) is 2.64. The summed E-state index contributed by atoms with van der Waals surface area (Å²) < 4.78 is 37.9. The number of carboxylic acids is 1. The average Bonchev–Trinajstić information content (AvgIpc) is 2.82. The second kappa shape index (κ2) is 6.88. The minimum atomic E-state index is -4.65. The molecule has 118 valence electrons.